The number of halogens is 1. The van der Waals surface area contributed by atoms with Crippen molar-refractivity contribution >= 4 is 11.4 Å². The second-order valence-corrected chi connectivity index (χ2v) is 6.64. The number of hydrogen-bond donors (Lipinski definition) is 1. The van der Waals surface area contributed by atoms with Crippen LogP contribution in [0.3, 0.4) is 0 Å². The van der Waals surface area contributed by atoms with Gasteiger partial charge in [0.25, 0.3) is 0 Å². The third-order valence-corrected chi connectivity index (χ3v) is 3.60. The zero-order chi connectivity index (χ0) is 12.3. The highest BCUT2D eigenvalue weighted by molar-refractivity contribution is 7.90. The van der Waals surface area contributed by atoms with Gasteiger partial charge in [-0.1, -0.05) is 0 Å². The Morgan fingerprint density at radius 2 is 2.12 bits per heavy atom. The van der Waals surface area contributed by atoms with Gasteiger partial charge in [0.15, 0.2) is 0 Å². The quantitative estimate of drug-likeness (QED) is 0.828. The second kappa shape index (κ2) is 5.12. The molecule has 0 saturated heterocycles. The number of nitrogens with one attached hydrogen (secondary N) is 1. The Bertz CT molecular complexity index is 365. The van der Waals surface area contributed by atoms with Gasteiger partial charge in [-0.25, -0.2) is 4.39 Å². The molecule has 0 aliphatic heterocycles. The molecule has 16 heavy (non-hydrogen) atoms. The van der Waals surface area contributed by atoms with Crippen molar-refractivity contribution in [3.63, 3.8) is 0 Å². The molecule has 1 unspecified atom stereocenters. The van der Waals surface area contributed by atoms with Crippen molar-refractivity contribution in [2.45, 2.75) is 39.0 Å². The maximum absolute atomic E-state index is 13.5. The summed E-state index contributed by atoms with van der Waals surface area (Å²) in [4.78, 5) is 3.92. The maximum atomic E-state index is 13.5. The van der Waals surface area contributed by atoms with Crippen molar-refractivity contribution in [3.05, 3.63) is 29.3 Å². The molecular weight excluding hydrogens is 227 g/mol. The van der Waals surface area contributed by atoms with E-state index in [-0.39, 0.29) is 17.1 Å². The van der Waals surface area contributed by atoms with Gasteiger partial charge in [-0.05, 0) is 39.3 Å². The van der Waals surface area contributed by atoms with Crippen LogP contribution in [0.2, 0.25) is 0 Å². The Labute approximate surface area is 98.8 Å². The minimum atomic E-state index is -1.21. The van der Waals surface area contributed by atoms with E-state index in [1.54, 1.807) is 19.2 Å². The SMILES string of the molecule is Cc1ccnc(CN[S+]([O-])C(C)(C)C)c1F. The summed E-state index contributed by atoms with van der Waals surface area (Å²) < 4.78 is 27.6. The molecule has 1 rings (SSSR count). The van der Waals surface area contributed by atoms with E-state index in [1.807, 2.05) is 20.8 Å². The molecule has 1 N–H and O–H groups in total. The van der Waals surface area contributed by atoms with Gasteiger partial charge in [0.1, 0.15) is 10.6 Å². The van der Waals surface area contributed by atoms with Crippen LogP contribution in [0.5, 0.6) is 0 Å². The van der Waals surface area contributed by atoms with Gasteiger partial charge < -0.3 is 4.55 Å². The van der Waals surface area contributed by atoms with Crippen LogP contribution in [0.15, 0.2) is 12.3 Å². The fourth-order valence-electron chi connectivity index (χ4n) is 1.07. The average Bonchev–Trinajstić information content (AvgIpc) is 2.18. The van der Waals surface area contributed by atoms with Crippen molar-refractivity contribution in [1.29, 1.82) is 0 Å². The number of rotatable bonds is 3. The predicted octanol–water partition coefficient (Wildman–Crippen LogP) is 2.08. The lowest BCUT2D eigenvalue weighted by atomic mass is 10.2. The van der Waals surface area contributed by atoms with E-state index in [1.165, 1.54) is 0 Å². The van der Waals surface area contributed by atoms with Gasteiger partial charge in [0.05, 0.1) is 12.2 Å². The van der Waals surface area contributed by atoms with Crippen LogP contribution in [0.25, 0.3) is 0 Å². The Balaban J connectivity index is 2.65. The summed E-state index contributed by atoms with van der Waals surface area (Å²) in [6.45, 7) is 7.43. The van der Waals surface area contributed by atoms with Crippen LogP contribution in [0.1, 0.15) is 32.0 Å². The fraction of sp³-hybridized carbons (Fsp3) is 0.545. The molecule has 0 spiro atoms. The molecule has 0 aromatic carbocycles. The van der Waals surface area contributed by atoms with E-state index in [0.29, 0.717) is 11.3 Å². The van der Waals surface area contributed by atoms with Crippen molar-refractivity contribution in [3.8, 4) is 0 Å². The number of aryl methyl sites for hydroxylation is 1. The Hall–Kier alpha value is -0.650. The van der Waals surface area contributed by atoms with Gasteiger partial charge in [-0.3, -0.25) is 4.98 Å². The molecular formula is C11H17FN2OS. The summed E-state index contributed by atoms with van der Waals surface area (Å²) in [5.74, 6) is -0.332. The van der Waals surface area contributed by atoms with Crippen LogP contribution >= 0.6 is 0 Å². The fourth-order valence-corrected chi connectivity index (χ4v) is 1.77. The first kappa shape index (κ1) is 13.4. The summed E-state index contributed by atoms with van der Waals surface area (Å²) in [7, 11) is 0. The maximum Gasteiger partial charge on any atom is 0.149 e. The van der Waals surface area contributed by atoms with E-state index < -0.39 is 11.4 Å². The third kappa shape index (κ3) is 3.43. The highest BCUT2D eigenvalue weighted by Crippen LogP contribution is 2.14. The largest absolute Gasteiger partial charge is 0.598 e. The highest BCUT2D eigenvalue weighted by atomic mass is 32.2. The van der Waals surface area contributed by atoms with Crippen LogP contribution in [0.4, 0.5) is 4.39 Å². The lowest BCUT2D eigenvalue weighted by molar-refractivity contribution is 0.537. The molecule has 0 fully saturated rings. The minimum absolute atomic E-state index is 0.178. The Morgan fingerprint density at radius 1 is 1.50 bits per heavy atom. The molecule has 5 heteroatoms. The number of aromatic nitrogens is 1. The van der Waals surface area contributed by atoms with Gasteiger partial charge in [0, 0.05) is 17.6 Å². The summed E-state index contributed by atoms with van der Waals surface area (Å²) in [5.41, 5.74) is 0.853. The number of pyridine rings is 1. The zero-order valence-electron chi connectivity index (χ0n) is 10.0. The molecule has 1 heterocycles. The normalized spacial score (nSPS) is 13.9. The summed E-state index contributed by atoms with van der Waals surface area (Å²) >= 11 is -1.21. The van der Waals surface area contributed by atoms with Crippen molar-refractivity contribution in [2.75, 3.05) is 0 Å². The molecule has 0 aliphatic carbocycles. The van der Waals surface area contributed by atoms with Gasteiger partial charge >= 0.3 is 0 Å². The summed E-state index contributed by atoms with van der Waals surface area (Å²) in [6.07, 6.45) is 1.55. The van der Waals surface area contributed by atoms with E-state index in [9.17, 15) is 8.94 Å². The molecule has 0 saturated carbocycles. The molecule has 3 nitrogen and oxygen atoms in total. The van der Waals surface area contributed by atoms with Gasteiger partial charge in [-0.2, -0.15) is 0 Å². The van der Waals surface area contributed by atoms with E-state index in [2.05, 4.69) is 9.71 Å². The third-order valence-electron chi connectivity index (χ3n) is 2.08. The van der Waals surface area contributed by atoms with Crippen LogP contribution in [-0.2, 0) is 17.9 Å². The van der Waals surface area contributed by atoms with Gasteiger partial charge in [0.2, 0.25) is 0 Å². The van der Waals surface area contributed by atoms with Crippen LogP contribution in [-0.4, -0.2) is 14.3 Å². The molecule has 0 aliphatic rings. The summed E-state index contributed by atoms with van der Waals surface area (Å²) in [5, 5.41) is 0. The number of hydrogen-bond acceptors (Lipinski definition) is 3. The first-order valence-electron chi connectivity index (χ1n) is 5.07. The first-order chi connectivity index (χ1) is 7.32. The van der Waals surface area contributed by atoms with Gasteiger partial charge in [-0.15, -0.1) is 4.72 Å². The molecule has 90 valence electrons. The van der Waals surface area contributed by atoms with E-state index >= 15 is 0 Å². The van der Waals surface area contributed by atoms with Crippen molar-refractivity contribution in [1.82, 2.24) is 9.71 Å². The zero-order valence-corrected chi connectivity index (χ0v) is 10.8. The standard InChI is InChI=1S/C11H17FN2OS/c1-8-5-6-13-9(10(8)12)7-14-16(15)11(2,3)4/h5-6,14H,7H2,1-4H3. The second-order valence-electron chi connectivity index (χ2n) is 4.59. The molecule has 1 atom stereocenters. The van der Waals surface area contributed by atoms with Crippen LogP contribution in [0, 0.1) is 12.7 Å². The van der Waals surface area contributed by atoms with Crippen molar-refractivity contribution < 1.29 is 8.94 Å². The first-order valence-corrected chi connectivity index (χ1v) is 6.22. The Kier molecular flexibility index (Phi) is 4.29. The lowest BCUT2D eigenvalue weighted by Gasteiger charge is -2.23. The lowest BCUT2D eigenvalue weighted by Crippen LogP contribution is -2.39. The van der Waals surface area contributed by atoms with E-state index in [4.69, 9.17) is 0 Å². The topological polar surface area (TPSA) is 48.0 Å². The smallest absolute Gasteiger partial charge is 0.149 e. The van der Waals surface area contributed by atoms with Crippen molar-refractivity contribution in [2.24, 2.45) is 0 Å². The molecule has 0 amide bonds. The van der Waals surface area contributed by atoms with Crippen LogP contribution < -0.4 is 4.72 Å². The van der Waals surface area contributed by atoms with E-state index in [0.717, 1.165) is 0 Å². The minimum Gasteiger partial charge on any atom is -0.598 e. The molecule has 0 bridgehead atoms. The summed E-state index contributed by atoms with van der Waals surface area (Å²) in [6, 6.07) is 1.61. The number of nitrogens with zero attached hydrogens (tertiary/aromatic N) is 1. The molecule has 0 radical (unpaired) electrons. The highest BCUT2D eigenvalue weighted by Gasteiger charge is 2.26. The predicted molar refractivity (Wildman–Crippen MR) is 63.7 cm³/mol. The monoisotopic (exact) mass is 244 g/mol. The molecule has 1 aromatic heterocycles. The Morgan fingerprint density at radius 3 is 2.69 bits per heavy atom. The average molecular weight is 244 g/mol. The molecule has 1 aromatic rings.